The van der Waals surface area contributed by atoms with Gasteiger partial charge in [0.05, 0.1) is 39.6 Å². The van der Waals surface area contributed by atoms with Crippen molar-refractivity contribution < 1.29 is 28.8 Å². The molecule has 0 aliphatic heterocycles. The fraction of sp³-hybridized carbons (Fsp3) is 0.960. The second-order valence-corrected chi connectivity index (χ2v) is 8.23. The molecule has 0 aromatic rings. The summed E-state index contributed by atoms with van der Waals surface area (Å²) in [6, 6.07) is 0. The minimum atomic E-state index is -0.965. The average molecular weight is 447 g/mol. The van der Waals surface area contributed by atoms with Gasteiger partial charge in [-0.1, -0.05) is 96.8 Å². The van der Waals surface area contributed by atoms with Crippen LogP contribution in [0.2, 0.25) is 0 Å². The molecular weight excluding hydrogens is 396 g/mol. The molecule has 0 radical (unpaired) electrons. The molecule has 186 valence electrons. The zero-order chi connectivity index (χ0) is 22.7. The summed E-state index contributed by atoms with van der Waals surface area (Å²) < 4.78 is 21.1. The van der Waals surface area contributed by atoms with Crippen LogP contribution in [0.1, 0.15) is 103 Å². The van der Waals surface area contributed by atoms with Gasteiger partial charge in [0.25, 0.3) is 0 Å². The Hall–Kier alpha value is -0.690. The van der Waals surface area contributed by atoms with Gasteiger partial charge in [0, 0.05) is 6.61 Å². The first kappa shape index (κ1) is 30.3. The van der Waals surface area contributed by atoms with E-state index in [0.29, 0.717) is 33.0 Å². The van der Waals surface area contributed by atoms with Gasteiger partial charge in [0.15, 0.2) is 0 Å². The van der Waals surface area contributed by atoms with Gasteiger partial charge in [-0.3, -0.25) is 0 Å². The summed E-state index contributed by atoms with van der Waals surface area (Å²) >= 11 is 0. The van der Waals surface area contributed by atoms with Gasteiger partial charge in [-0.2, -0.15) is 0 Å². The van der Waals surface area contributed by atoms with Crippen LogP contribution in [0.15, 0.2) is 0 Å². The molecule has 0 aliphatic carbocycles. The smallest absolute Gasteiger partial charge is 0.329 e. The van der Waals surface area contributed by atoms with E-state index in [1.54, 1.807) is 0 Å². The van der Waals surface area contributed by atoms with E-state index in [9.17, 15) is 4.79 Å². The lowest BCUT2D eigenvalue weighted by Crippen LogP contribution is -2.14. The molecule has 0 heterocycles. The van der Waals surface area contributed by atoms with Crippen LogP contribution in [0.4, 0.5) is 0 Å². The third-order valence-corrected chi connectivity index (χ3v) is 5.23. The molecule has 0 saturated heterocycles. The van der Waals surface area contributed by atoms with Crippen molar-refractivity contribution in [2.45, 2.75) is 103 Å². The lowest BCUT2D eigenvalue weighted by Gasteiger charge is -2.07. The highest BCUT2D eigenvalue weighted by Gasteiger charge is 1.97. The van der Waals surface area contributed by atoms with E-state index >= 15 is 0 Å². The van der Waals surface area contributed by atoms with Crippen LogP contribution >= 0.6 is 0 Å². The summed E-state index contributed by atoms with van der Waals surface area (Å²) in [5, 5.41) is 8.40. The summed E-state index contributed by atoms with van der Waals surface area (Å²) in [5.41, 5.74) is 0. The molecule has 31 heavy (non-hydrogen) atoms. The van der Waals surface area contributed by atoms with Gasteiger partial charge in [-0.15, -0.1) is 0 Å². The lowest BCUT2D eigenvalue weighted by molar-refractivity contribution is -0.142. The second kappa shape index (κ2) is 27.3. The minimum absolute atomic E-state index is 0.281. The maximum Gasteiger partial charge on any atom is 0.329 e. The van der Waals surface area contributed by atoms with Crippen molar-refractivity contribution in [2.24, 2.45) is 0 Å². The molecule has 1 N–H and O–H groups in total. The van der Waals surface area contributed by atoms with Gasteiger partial charge in [-0.05, 0) is 6.42 Å². The standard InChI is InChI=1S/C25H50O6/c1-2-3-4-5-6-7-8-9-10-11-12-13-14-15-16-17-28-18-19-29-20-21-30-22-23-31-24-25(26)27/h2-24H2,1H3,(H,26,27). The number of aliphatic carboxylic acids is 1. The van der Waals surface area contributed by atoms with E-state index < -0.39 is 5.97 Å². The first-order chi connectivity index (χ1) is 15.3. The number of rotatable bonds is 27. The van der Waals surface area contributed by atoms with Gasteiger partial charge in [0.2, 0.25) is 0 Å². The molecule has 0 spiro atoms. The molecular formula is C25H50O6. The maximum absolute atomic E-state index is 10.2. The topological polar surface area (TPSA) is 74.2 Å². The van der Waals surface area contributed by atoms with Gasteiger partial charge < -0.3 is 24.1 Å². The van der Waals surface area contributed by atoms with Crippen LogP contribution in [0.25, 0.3) is 0 Å². The quantitative estimate of drug-likeness (QED) is 0.156. The molecule has 6 heteroatoms. The molecule has 6 nitrogen and oxygen atoms in total. The van der Waals surface area contributed by atoms with Crippen LogP contribution in [0.3, 0.4) is 0 Å². The van der Waals surface area contributed by atoms with E-state index in [-0.39, 0.29) is 13.2 Å². The normalized spacial score (nSPS) is 11.3. The van der Waals surface area contributed by atoms with Crippen LogP contribution in [0.5, 0.6) is 0 Å². The number of carbonyl (C=O) groups is 1. The molecule has 0 bridgehead atoms. The Labute approximate surface area is 191 Å². The molecule has 0 aromatic carbocycles. The van der Waals surface area contributed by atoms with Gasteiger partial charge in [-0.25, -0.2) is 4.79 Å². The Balaban J connectivity index is 3.00. The highest BCUT2D eigenvalue weighted by atomic mass is 16.6. The first-order valence-electron chi connectivity index (χ1n) is 12.8. The summed E-state index contributed by atoms with van der Waals surface area (Å²) in [6.07, 6.45) is 20.7. The highest BCUT2D eigenvalue weighted by molar-refractivity contribution is 5.67. The van der Waals surface area contributed by atoms with Crippen molar-refractivity contribution in [1.82, 2.24) is 0 Å². The number of hydrogen-bond donors (Lipinski definition) is 1. The number of hydrogen-bond acceptors (Lipinski definition) is 5. The van der Waals surface area contributed by atoms with E-state index in [2.05, 4.69) is 6.92 Å². The fourth-order valence-electron chi connectivity index (χ4n) is 3.39. The molecule has 0 atom stereocenters. The van der Waals surface area contributed by atoms with Crippen LogP contribution in [-0.4, -0.2) is 63.9 Å². The largest absolute Gasteiger partial charge is 0.480 e. The van der Waals surface area contributed by atoms with Crippen molar-refractivity contribution >= 4 is 5.97 Å². The van der Waals surface area contributed by atoms with Crippen molar-refractivity contribution in [3.8, 4) is 0 Å². The highest BCUT2D eigenvalue weighted by Crippen LogP contribution is 2.13. The predicted molar refractivity (Wildman–Crippen MR) is 126 cm³/mol. The number of ether oxygens (including phenoxy) is 4. The zero-order valence-electron chi connectivity index (χ0n) is 20.3. The molecule has 0 saturated carbocycles. The number of carboxylic acids is 1. The van der Waals surface area contributed by atoms with Crippen molar-refractivity contribution in [1.29, 1.82) is 0 Å². The Bertz CT molecular complexity index is 351. The SMILES string of the molecule is CCCCCCCCCCCCCCCCCOCCOCCOCCOCC(=O)O. The van der Waals surface area contributed by atoms with Crippen LogP contribution in [0, 0.1) is 0 Å². The maximum atomic E-state index is 10.2. The third-order valence-electron chi connectivity index (χ3n) is 5.23. The van der Waals surface area contributed by atoms with E-state index in [1.165, 1.54) is 89.9 Å². The fourth-order valence-corrected chi connectivity index (χ4v) is 3.39. The molecule has 0 amide bonds. The van der Waals surface area contributed by atoms with Crippen molar-refractivity contribution in [3.63, 3.8) is 0 Å². The molecule has 0 aliphatic rings. The van der Waals surface area contributed by atoms with Crippen LogP contribution < -0.4 is 0 Å². The van der Waals surface area contributed by atoms with E-state index in [4.69, 9.17) is 24.1 Å². The van der Waals surface area contributed by atoms with Gasteiger partial charge in [0.1, 0.15) is 6.61 Å². The Morgan fingerprint density at radius 3 is 1.19 bits per heavy atom. The predicted octanol–water partition coefficient (Wildman–Crippen LogP) is 6.01. The number of unbranched alkanes of at least 4 members (excludes halogenated alkanes) is 14. The molecule has 0 unspecified atom stereocenters. The third kappa shape index (κ3) is 29.3. The van der Waals surface area contributed by atoms with E-state index in [0.717, 1.165) is 13.0 Å². The summed E-state index contributed by atoms with van der Waals surface area (Å²) in [5.74, 6) is -0.965. The summed E-state index contributed by atoms with van der Waals surface area (Å²) in [4.78, 5) is 10.2. The van der Waals surface area contributed by atoms with E-state index in [1.807, 2.05) is 0 Å². The van der Waals surface area contributed by atoms with Crippen molar-refractivity contribution in [3.05, 3.63) is 0 Å². The molecule has 0 aromatic heterocycles. The van der Waals surface area contributed by atoms with Gasteiger partial charge >= 0.3 is 5.97 Å². The Morgan fingerprint density at radius 1 is 0.484 bits per heavy atom. The Kier molecular flexibility index (Phi) is 26.7. The zero-order valence-corrected chi connectivity index (χ0v) is 20.3. The summed E-state index contributed by atoms with van der Waals surface area (Å²) in [7, 11) is 0. The average Bonchev–Trinajstić information content (AvgIpc) is 2.76. The summed E-state index contributed by atoms with van der Waals surface area (Å²) in [6.45, 7) is 5.69. The first-order valence-corrected chi connectivity index (χ1v) is 12.8. The molecule has 0 rings (SSSR count). The monoisotopic (exact) mass is 446 g/mol. The minimum Gasteiger partial charge on any atom is -0.480 e. The molecule has 0 fully saturated rings. The number of carboxylic acid groups (broad SMARTS) is 1. The second-order valence-electron chi connectivity index (χ2n) is 8.23. The van der Waals surface area contributed by atoms with Crippen LogP contribution in [-0.2, 0) is 23.7 Å². The lowest BCUT2D eigenvalue weighted by atomic mass is 10.0. The van der Waals surface area contributed by atoms with Crippen molar-refractivity contribution in [2.75, 3.05) is 52.9 Å². The Morgan fingerprint density at radius 2 is 0.806 bits per heavy atom.